The number of likely N-dealkylation sites (N-methyl/N-ethyl adjacent to an activating group) is 2. The molecule has 0 spiro atoms. The number of hydrogen-bond acceptors (Lipinski definition) is 13. The second-order valence-electron chi connectivity index (χ2n) is 21.2. The highest BCUT2D eigenvalue weighted by Crippen LogP contribution is 2.39. The zero-order valence-electron chi connectivity index (χ0n) is 43.5. The molecule has 0 aliphatic carbocycles. The van der Waals surface area contributed by atoms with Crippen molar-refractivity contribution in [1.82, 2.24) is 25.3 Å². The molecule has 68 heavy (non-hydrogen) atoms. The van der Waals surface area contributed by atoms with Gasteiger partial charge in [0.05, 0.1) is 48.1 Å². The van der Waals surface area contributed by atoms with Gasteiger partial charge in [-0.2, -0.15) is 0 Å². The molecular formula is C51H87N5O12. The molecule has 3 heterocycles. The van der Waals surface area contributed by atoms with Crippen LogP contribution >= 0.6 is 0 Å². The number of aliphatic hydroxyl groups is 3. The number of benzene rings is 1. The molecule has 4 amide bonds. The van der Waals surface area contributed by atoms with Crippen LogP contribution in [0.3, 0.4) is 0 Å². The van der Waals surface area contributed by atoms with Crippen molar-refractivity contribution in [2.24, 2.45) is 23.7 Å². The molecule has 1 aromatic rings. The van der Waals surface area contributed by atoms with Crippen LogP contribution in [0.25, 0.3) is 0 Å². The molecule has 17 heteroatoms. The Bertz CT molecular complexity index is 1770. The molecule has 3 aliphatic rings. The predicted molar refractivity (Wildman–Crippen MR) is 258 cm³/mol. The molecule has 1 unspecified atom stereocenters. The summed E-state index contributed by atoms with van der Waals surface area (Å²) in [6.45, 7) is 18.1. The minimum Gasteiger partial charge on any atom is -0.387 e. The zero-order chi connectivity index (χ0) is 50.8. The van der Waals surface area contributed by atoms with E-state index in [9.17, 15) is 29.7 Å². The van der Waals surface area contributed by atoms with Gasteiger partial charge in [-0.1, -0.05) is 78.3 Å². The molecule has 16 atom stereocenters. The van der Waals surface area contributed by atoms with E-state index in [0.717, 1.165) is 12.0 Å². The summed E-state index contributed by atoms with van der Waals surface area (Å²) in [6.07, 6.45) is -4.75. The molecule has 0 bridgehead atoms. The SMILES string of the molecule is CCCCN1CC(=O)NC(C(C)C)C(=O)N[C@H](CCc2ccccc2)C(=O)N(C)C[C@H](C)C[C@@](C)(O)[C@H](O[C@@H]2O[C@H](C)C[C@H](N(C)C)[C@H]2O)[C@@H](C)[C@H](O[C@H]2C[C@@](C)(OC)[C@@H](O)[C@H](C)O2)[C@@H](C)C1=O. The summed E-state index contributed by atoms with van der Waals surface area (Å²) < 4.78 is 32.2. The highest BCUT2D eigenvalue weighted by molar-refractivity contribution is 5.93. The Kier molecular flexibility index (Phi) is 21.3. The summed E-state index contributed by atoms with van der Waals surface area (Å²) in [6, 6.07) is 7.38. The number of hydrogen-bond donors (Lipinski definition) is 5. The molecule has 0 saturated carbocycles. The molecule has 17 nitrogen and oxygen atoms in total. The van der Waals surface area contributed by atoms with Crippen LogP contribution in [-0.4, -0.2) is 180 Å². The van der Waals surface area contributed by atoms with Gasteiger partial charge in [-0.05, 0) is 91.3 Å². The third-order valence-electron chi connectivity index (χ3n) is 14.4. The number of nitrogens with zero attached hydrogens (tertiary/aromatic N) is 3. The number of methoxy groups -OCH3 is 1. The van der Waals surface area contributed by atoms with Crippen LogP contribution in [-0.2, 0) is 49.3 Å². The quantitative estimate of drug-likeness (QED) is 0.192. The van der Waals surface area contributed by atoms with Crippen molar-refractivity contribution >= 4 is 23.6 Å². The normalized spacial score (nSPS) is 37.9. The van der Waals surface area contributed by atoms with Crippen LogP contribution in [0.5, 0.6) is 0 Å². The Labute approximate surface area is 406 Å². The molecule has 3 aliphatic heterocycles. The maximum atomic E-state index is 15.1. The fourth-order valence-electron chi connectivity index (χ4n) is 10.4. The van der Waals surface area contributed by atoms with Crippen molar-refractivity contribution in [3.05, 3.63) is 35.9 Å². The van der Waals surface area contributed by atoms with E-state index in [1.807, 2.05) is 90.9 Å². The number of unbranched alkanes of at least 4 members (excludes halogenated alkanes) is 1. The largest absolute Gasteiger partial charge is 0.387 e. The standard InChI is InChI=1S/C51H87N5O12/c1-15-16-24-56-29-39(57)53-41(30(2)3)46(60)52-37(23-22-36-20-18-17-19-21-36)48(62)55(13)28-31(4)26-50(9,63)45(68-49-42(58)38(54(11)12)25-32(5)65-49)33(6)43(34(7)47(56)61)67-40-27-51(10,64-14)44(59)35(8)66-40/h17-21,30-35,37-38,40-45,49,58-59,63H,15-16,22-29H2,1-14H3,(H,52,60)(H,53,57)/t31-,32-,33+,34-,35+,37-,38+,40+,41?,42-,43+,44+,45-,49+,50-,51-/m1/s1. The summed E-state index contributed by atoms with van der Waals surface area (Å²) in [4.78, 5) is 62.9. The van der Waals surface area contributed by atoms with Gasteiger partial charge in [-0.3, -0.25) is 19.2 Å². The molecule has 388 valence electrons. The van der Waals surface area contributed by atoms with Gasteiger partial charge in [0.2, 0.25) is 23.6 Å². The lowest BCUT2D eigenvalue weighted by molar-refractivity contribution is -0.317. The molecule has 5 N–H and O–H groups in total. The predicted octanol–water partition coefficient (Wildman–Crippen LogP) is 3.49. The molecule has 0 radical (unpaired) electrons. The number of aliphatic hydroxyl groups excluding tert-OH is 2. The first-order chi connectivity index (χ1) is 31.8. The van der Waals surface area contributed by atoms with Crippen LogP contribution in [0.4, 0.5) is 0 Å². The minimum atomic E-state index is -1.71. The van der Waals surface area contributed by atoms with Crippen molar-refractivity contribution in [2.45, 2.75) is 193 Å². The van der Waals surface area contributed by atoms with Crippen LogP contribution < -0.4 is 10.6 Å². The van der Waals surface area contributed by atoms with Crippen molar-refractivity contribution in [3.63, 3.8) is 0 Å². The number of amides is 4. The van der Waals surface area contributed by atoms with Gasteiger partial charge in [-0.15, -0.1) is 0 Å². The van der Waals surface area contributed by atoms with E-state index in [0.29, 0.717) is 19.3 Å². The Morgan fingerprint density at radius 2 is 1.60 bits per heavy atom. The van der Waals surface area contributed by atoms with E-state index >= 15 is 4.79 Å². The van der Waals surface area contributed by atoms with Gasteiger partial charge >= 0.3 is 0 Å². The lowest BCUT2D eigenvalue weighted by Crippen LogP contribution is -2.61. The monoisotopic (exact) mass is 962 g/mol. The molecule has 3 saturated heterocycles. The van der Waals surface area contributed by atoms with Gasteiger partial charge in [0.1, 0.15) is 24.3 Å². The van der Waals surface area contributed by atoms with E-state index in [1.165, 1.54) is 12.0 Å². The molecular weight excluding hydrogens is 875 g/mol. The smallest absolute Gasteiger partial charge is 0.244 e. The van der Waals surface area contributed by atoms with Crippen LogP contribution in [0.2, 0.25) is 0 Å². The van der Waals surface area contributed by atoms with Crippen LogP contribution in [0.15, 0.2) is 30.3 Å². The van der Waals surface area contributed by atoms with E-state index < -0.39 is 95.9 Å². The fraction of sp³-hybridized carbons (Fsp3) is 0.804. The Morgan fingerprint density at radius 1 is 0.941 bits per heavy atom. The maximum Gasteiger partial charge on any atom is 0.244 e. The number of carbonyl (C=O) groups excluding carboxylic acids is 4. The highest BCUT2D eigenvalue weighted by atomic mass is 16.7. The van der Waals surface area contributed by atoms with Gasteiger partial charge in [0, 0.05) is 45.6 Å². The second-order valence-corrected chi connectivity index (χ2v) is 21.2. The van der Waals surface area contributed by atoms with Gasteiger partial charge in [0.15, 0.2) is 12.6 Å². The molecule has 0 aromatic heterocycles. The third kappa shape index (κ3) is 14.9. The Hall–Kier alpha value is -3.26. The van der Waals surface area contributed by atoms with E-state index in [-0.39, 0.29) is 68.8 Å². The number of aryl methyl sites for hydroxylation is 1. The van der Waals surface area contributed by atoms with E-state index in [4.69, 9.17) is 23.7 Å². The van der Waals surface area contributed by atoms with Crippen molar-refractivity contribution in [1.29, 1.82) is 0 Å². The minimum absolute atomic E-state index is 0.0898. The number of ether oxygens (including phenoxy) is 5. The van der Waals surface area contributed by atoms with Crippen molar-refractivity contribution in [3.8, 4) is 0 Å². The average Bonchev–Trinajstić information content (AvgIpc) is 3.27. The Balaban J connectivity index is 1.87. The van der Waals surface area contributed by atoms with Gasteiger partial charge in [0.25, 0.3) is 0 Å². The lowest BCUT2D eigenvalue weighted by Gasteiger charge is -2.49. The first kappa shape index (κ1) is 57.3. The topological polar surface area (TPSA) is 209 Å². The number of rotatable bonds is 13. The number of carbonyl (C=O) groups is 4. The van der Waals surface area contributed by atoms with Crippen molar-refractivity contribution < 1.29 is 58.2 Å². The summed E-state index contributed by atoms with van der Waals surface area (Å²) in [5.41, 5.74) is -1.79. The van der Waals surface area contributed by atoms with Crippen molar-refractivity contribution in [2.75, 3.05) is 47.9 Å². The third-order valence-corrected chi connectivity index (χ3v) is 14.4. The van der Waals surface area contributed by atoms with Crippen LogP contribution in [0, 0.1) is 23.7 Å². The average molecular weight is 962 g/mol. The molecule has 4 rings (SSSR count). The van der Waals surface area contributed by atoms with Gasteiger partial charge in [-0.25, -0.2) is 0 Å². The van der Waals surface area contributed by atoms with E-state index in [2.05, 4.69) is 10.6 Å². The van der Waals surface area contributed by atoms with Gasteiger partial charge < -0.3 is 64.3 Å². The van der Waals surface area contributed by atoms with E-state index in [1.54, 1.807) is 39.6 Å². The fourth-order valence-corrected chi connectivity index (χ4v) is 10.4. The van der Waals surface area contributed by atoms with Crippen LogP contribution in [0.1, 0.15) is 113 Å². The first-order valence-corrected chi connectivity index (χ1v) is 24.9. The summed E-state index contributed by atoms with van der Waals surface area (Å²) >= 11 is 0. The molecule has 1 aromatic carbocycles. The number of nitrogens with one attached hydrogen (secondary N) is 2. The maximum absolute atomic E-state index is 15.1. The summed E-state index contributed by atoms with van der Waals surface area (Å²) in [5, 5.41) is 41.8. The summed E-state index contributed by atoms with van der Waals surface area (Å²) in [5.74, 6) is -4.36. The highest BCUT2D eigenvalue weighted by Gasteiger charge is 2.51. The molecule has 3 fully saturated rings. The zero-order valence-corrected chi connectivity index (χ0v) is 43.5. The summed E-state index contributed by atoms with van der Waals surface area (Å²) in [7, 11) is 6.92. The Morgan fingerprint density at radius 3 is 2.21 bits per heavy atom. The lowest BCUT2D eigenvalue weighted by atomic mass is 9.77. The first-order valence-electron chi connectivity index (χ1n) is 24.9. The second kappa shape index (κ2) is 25.2.